The Kier molecular flexibility index (Phi) is 7.39. The fourth-order valence-electron chi connectivity index (χ4n) is 2.54. The summed E-state index contributed by atoms with van der Waals surface area (Å²) in [6.45, 7) is 4.02. The highest BCUT2D eigenvalue weighted by Gasteiger charge is 2.15. The second kappa shape index (κ2) is 9.53. The van der Waals surface area contributed by atoms with Crippen molar-refractivity contribution in [3.8, 4) is 17.2 Å². The molecule has 0 aliphatic rings. The van der Waals surface area contributed by atoms with Gasteiger partial charge < -0.3 is 5.73 Å². The average molecular weight is 432 g/mol. The van der Waals surface area contributed by atoms with Crippen LogP contribution in [0.3, 0.4) is 0 Å². The van der Waals surface area contributed by atoms with E-state index in [2.05, 4.69) is 45.8 Å². The normalized spacial score (nSPS) is 13.3. The fourth-order valence-corrected chi connectivity index (χ4v) is 3.78. The number of aliphatic imine (C=N–C) groups is 1. The molecule has 0 amide bonds. The van der Waals surface area contributed by atoms with E-state index < -0.39 is 0 Å². The van der Waals surface area contributed by atoms with Crippen molar-refractivity contribution in [2.45, 2.75) is 26.3 Å². The molecule has 7 heteroatoms. The third-order valence-electron chi connectivity index (χ3n) is 3.91. The SMILES string of the molecule is CC[C@H](N=C(N)N(NC)/C(C)=C/Br)c1cc(-c2cccc(C#N)c2)cs1. The predicted octanol–water partition coefficient (Wildman–Crippen LogP) is 4.75. The van der Waals surface area contributed by atoms with E-state index in [1.54, 1.807) is 28.4 Å². The summed E-state index contributed by atoms with van der Waals surface area (Å²) in [6.07, 6.45) is 0.841. The number of benzene rings is 1. The zero-order valence-corrected chi connectivity index (χ0v) is 17.4. The van der Waals surface area contributed by atoms with Crippen molar-refractivity contribution in [2.75, 3.05) is 7.05 Å². The van der Waals surface area contributed by atoms with Crippen molar-refractivity contribution < 1.29 is 0 Å². The molecular formula is C19H22BrN5S. The monoisotopic (exact) mass is 431 g/mol. The maximum Gasteiger partial charge on any atom is 0.211 e. The lowest BCUT2D eigenvalue weighted by atomic mass is 10.1. The summed E-state index contributed by atoms with van der Waals surface area (Å²) in [6, 6.07) is 11.9. The van der Waals surface area contributed by atoms with E-state index in [1.165, 1.54) is 0 Å². The van der Waals surface area contributed by atoms with Crippen LogP contribution in [0.5, 0.6) is 0 Å². The van der Waals surface area contributed by atoms with Gasteiger partial charge in [-0.05, 0) is 48.1 Å². The van der Waals surface area contributed by atoms with E-state index in [0.29, 0.717) is 11.5 Å². The van der Waals surface area contributed by atoms with Gasteiger partial charge in [-0.15, -0.1) is 11.3 Å². The Hall–Kier alpha value is -2.14. The van der Waals surface area contributed by atoms with Crippen molar-refractivity contribution in [3.63, 3.8) is 0 Å². The summed E-state index contributed by atoms with van der Waals surface area (Å²) in [7, 11) is 1.80. The van der Waals surface area contributed by atoms with Gasteiger partial charge in [0.1, 0.15) is 0 Å². The molecule has 3 N–H and O–H groups in total. The molecule has 0 aliphatic heterocycles. The van der Waals surface area contributed by atoms with Gasteiger partial charge in [-0.2, -0.15) is 5.26 Å². The van der Waals surface area contributed by atoms with Gasteiger partial charge in [0.05, 0.1) is 17.7 Å². The third-order valence-corrected chi connectivity index (χ3v) is 5.61. The molecule has 0 radical (unpaired) electrons. The van der Waals surface area contributed by atoms with E-state index in [1.807, 2.05) is 31.2 Å². The molecule has 1 aromatic carbocycles. The molecule has 26 heavy (non-hydrogen) atoms. The Bertz CT molecular complexity index is 850. The highest BCUT2D eigenvalue weighted by molar-refractivity contribution is 9.11. The first-order valence-corrected chi connectivity index (χ1v) is 10.00. The van der Waals surface area contributed by atoms with Gasteiger partial charge in [0.2, 0.25) is 5.96 Å². The lowest BCUT2D eigenvalue weighted by molar-refractivity contribution is 0.410. The smallest absolute Gasteiger partial charge is 0.211 e. The van der Waals surface area contributed by atoms with Gasteiger partial charge in [-0.3, -0.25) is 5.01 Å². The van der Waals surface area contributed by atoms with Crippen LogP contribution >= 0.6 is 27.3 Å². The molecule has 2 rings (SSSR count). The Labute approximate surface area is 166 Å². The lowest BCUT2D eigenvalue weighted by Gasteiger charge is -2.23. The standard InChI is InChI=1S/C19H22BrN5S/c1-4-17(24-19(22)25(23-3)13(2)10-20)18-9-16(12-26-18)15-7-5-6-14(8-15)11-21/h5-10,12,17,23H,4H2,1-3H3,(H2,22,24)/b13-10+/t17-/m0/s1. The molecule has 1 aromatic heterocycles. The summed E-state index contributed by atoms with van der Waals surface area (Å²) in [4.78, 5) is 7.63. The maximum absolute atomic E-state index is 9.08. The molecule has 0 aliphatic carbocycles. The molecule has 0 saturated heterocycles. The van der Waals surface area contributed by atoms with E-state index in [9.17, 15) is 0 Å². The van der Waals surface area contributed by atoms with Gasteiger partial charge in [0.25, 0.3) is 0 Å². The van der Waals surface area contributed by atoms with Gasteiger partial charge >= 0.3 is 0 Å². The van der Waals surface area contributed by atoms with E-state index in [-0.39, 0.29) is 6.04 Å². The number of halogens is 1. The van der Waals surface area contributed by atoms with Crippen molar-refractivity contribution in [2.24, 2.45) is 10.7 Å². The van der Waals surface area contributed by atoms with Crippen molar-refractivity contribution in [3.05, 3.63) is 56.8 Å². The summed E-state index contributed by atoms with van der Waals surface area (Å²) in [5.74, 6) is 0.411. The zero-order valence-electron chi connectivity index (χ0n) is 15.0. The lowest BCUT2D eigenvalue weighted by Crippen LogP contribution is -2.44. The molecule has 1 atom stereocenters. The zero-order chi connectivity index (χ0) is 19.1. The van der Waals surface area contributed by atoms with E-state index in [4.69, 9.17) is 16.0 Å². The minimum atomic E-state index is -0.0214. The molecule has 1 heterocycles. The van der Waals surface area contributed by atoms with Gasteiger partial charge in [0, 0.05) is 22.6 Å². The second-order valence-corrected chi connectivity index (χ2v) is 7.05. The molecule has 0 fully saturated rings. The molecular weight excluding hydrogens is 410 g/mol. The molecule has 2 aromatic rings. The van der Waals surface area contributed by atoms with Crippen LogP contribution in [-0.2, 0) is 0 Å². The number of nitrogens with two attached hydrogens (primary N) is 1. The second-order valence-electron chi connectivity index (χ2n) is 5.65. The first-order chi connectivity index (χ1) is 12.5. The number of nitrogens with zero attached hydrogens (tertiary/aromatic N) is 3. The summed E-state index contributed by atoms with van der Waals surface area (Å²) in [5.41, 5.74) is 12.9. The number of guanidine groups is 1. The van der Waals surface area contributed by atoms with Crippen LogP contribution in [0.25, 0.3) is 11.1 Å². The van der Waals surface area contributed by atoms with Gasteiger partial charge in [0.15, 0.2) is 0 Å². The number of thiophene rings is 1. The highest BCUT2D eigenvalue weighted by atomic mass is 79.9. The number of nitrogens with one attached hydrogen (secondary N) is 1. The molecule has 136 valence electrons. The van der Waals surface area contributed by atoms with Crippen molar-refractivity contribution in [1.29, 1.82) is 5.26 Å². The number of hydrogen-bond acceptors (Lipinski definition) is 4. The summed E-state index contributed by atoms with van der Waals surface area (Å²) >= 11 is 4.98. The maximum atomic E-state index is 9.08. The van der Waals surface area contributed by atoms with E-state index >= 15 is 0 Å². The van der Waals surface area contributed by atoms with Gasteiger partial charge in [-0.1, -0.05) is 35.0 Å². The summed E-state index contributed by atoms with van der Waals surface area (Å²) < 4.78 is 0. The van der Waals surface area contributed by atoms with Crippen molar-refractivity contribution >= 4 is 33.2 Å². The quantitative estimate of drug-likeness (QED) is 0.393. The number of allylic oxidation sites excluding steroid dienone is 1. The van der Waals surface area contributed by atoms with E-state index in [0.717, 1.165) is 28.1 Å². The minimum absolute atomic E-state index is 0.0214. The molecule has 0 unspecified atom stereocenters. The van der Waals surface area contributed by atoms with Crippen LogP contribution in [0.1, 0.15) is 36.8 Å². The summed E-state index contributed by atoms with van der Waals surface area (Å²) in [5, 5.41) is 12.9. The largest absolute Gasteiger partial charge is 0.368 e. The first kappa shape index (κ1) is 20.2. The number of nitriles is 1. The Morgan fingerprint density at radius 1 is 1.46 bits per heavy atom. The van der Waals surface area contributed by atoms with Crippen LogP contribution < -0.4 is 11.2 Å². The topological polar surface area (TPSA) is 77.4 Å². The van der Waals surface area contributed by atoms with Crippen LogP contribution in [0.2, 0.25) is 0 Å². The van der Waals surface area contributed by atoms with Crippen LogP contribution in [0.4, 0.5) is 0 Å². The molecule has 0 spiro atoms. The number of hydrogen-bond donors (Lipinski definition) is 2. The fraction of sp³-hybridized carbons (Fsp3) is 0.263. The van der Waals surface area contributed by atoms with Gasteiger partial charge in [-0.25, -0.2) is 10.4 Å². The minimum Gasteiger partial charge on any atom is -0.368 e. The average Bonchev–Trinajstić information content (AvgIpc) is 3.16. The predicted molar refractivity (Wildman–Crippen MR) is 113 cm³/mol. The Morgan fingerprint density at radius 2 is 2.23 bits per heavy atom. The highest BCUT2D eigenvalue weighted by Crippen LogP contribution is 2.33. The number of hydrazine groups is 1. The Balaban J connectivity index is 2.30. The Morgan fingerprint density at radius 3 is 2.85 bits per heavy atom. The third kappa shape index (κ3) is 4.73. The number of rotatable bonds is 6. The molecule has 0 bridgehead atoms. The molecule has 0 saturated carbocycles. The van der Waals surface area contributed by atoms with Crippen LogP contribution in [0.15, 0.2) is 51.4 Å². The van der Waals surface area contributed by atoms with Crippen molar-refractivity contribution in [1.82, 2.24) is 10.4 Å². The van der Waals surface area contributed by atoms with Crippen LogP contribution in [-0.4, -0.2) is 18.0 Å². The van der Waals surface area contributed by atoms with Crippen LogP contribution in [0, 0.1) is 11.3 Å². The molecule has 5 nitrogen and oxygen atoms in total. The first-order valence-electron chi connectivity index (χ1n) is 8.20.